The first kappa shape index (κ1) is 19.8. The van der Waals surface area contributed by atoms with Gasteiger partial charge in [-0.05, 0) is 18.9 Å². The Balaban J connectivity index is 0.00000400. The molecule has 0 bridgehead atoms. The van der Waals surface area contributed by atoms with Crippen LogP contribution in [0.5, 0.6) is 0 Å². The quantitative estimate of drug-likeness (QED) is 0.734. The number of esters is 1. The van der Waals surface area contributed by atoms with Crippen molar-refractivity contribution in [3.63, 3.8) is 0 Å². The van der Waals surface area contributed by atoms with Crippen LogP contribution in [0.4, 0.5) is 0 Å². The van der Waals surface area contributed by atoms with Crippen molar-refractivity contribution < 1.29 is 14.3 Å². The average Bonchev–Trinajstić information content (AvgIpc) is 2.85. The summed E-state index contributed by atoms with van der Waals surface area (Å²) in [6.07, 6.45) is 1.17. The lowest BCUT2D eigenvalue weighted by Gasteiger charge is -2.17. The molecule has 0 spiro atoms. The van der Waals surface area contributed by atoms with Gasteiger partial charge in [0.15, 0.2) is 0 Å². The molecule has 0 aliphatic heterocycles. The molecule has 1 atom stereocenters. The van der Waals surface area contributed by atoms with E-state index in [-0.39, 0.29) is 24.2 Å². The molecule has 6 nitrogen and oxygen atoms in total. The predicted molar refractivity (Wildman–Crippen MR) is 84.8 cm³/mol. The molecular formula is C13H22ClN3O3S. The molecule has 3 N–H and O–H groups in total. The van der Waals surface area contributed by atoms with Gasteiger partial charge in [0.1, 0.15) is 11.7 Å². The Hall–Kier alpha value is -1.18. The summed E-state index contributed by atoms with van der Waals surface area (Å²) in [4.78, 5) is 27.9. The minimum atomic E-state index is -0.646. The highest BCUT2D eigenvalue weighted by Gasteiger charge is 2.24. The van der Waals surface area contributed by atoms with Crippen molar-refractivity contribution in [1.29, 1.82) is 0 Å². The van der Waals surface area contributed by atoms with E-state index in [1.54, 1.807) is 5.38 Å². The van der Waals surface area contributed by atoms with E-state index in [1.165, 1.54) is 18.4 Å². The van der Waals surface area contributed by atoms with Crippen LogP contribution in [0.2, 0.25) is 0 Å². The highest BCUT2D eigenvalue weighted by atomic mass is 35.5. The minimum Gasteiger partial charge on any atom is -0.467 e. The zero-order valence-corrected chi connectivity index (χ0v) is 14.1. The lowest BCUT2D eigenvalue weighted by Crippen LogP contribution is -2.42. The maximum Gasteiger partial charge on any atom is 0.328 e. The number of nitrogens with two attached hydrogens (primary N) is 1. The number of carbonyl (C=O) groups is 2. The van der Waals surface area contributed by atoms with Gasteiger partial charge in [-0.3, -0.25) is 4.79 Å². The van der Waals surface area contributed by atoms with Crippen molar-refractivity contribution in [2.45, 2.75) is 32.7 Å². The molecular weight excluding hydrogens is 314 g/mol. The van der Waals surface area contributed by atoms with E-state index in [4.69, 9.17) is 10.5 Å². The van der Waals surface area contributed by atoms with E-state index in [2.05, 4.69) is 10.3 Å². The number of hydrogen-bond donors (Lipinski definition) is 2. The van der Waals surface area contributed by atoms with E-state index in [0.29, 0.717) is 25.1 Å². The largest absolute Gasteiger partial charge is 0.467 e. The fourth-order valence-corrected chi connectivity index (χ4v) is 2.51. The summed E-state index contributed by atoms with van der Waals surface area (Å²) in [7, 11) is 1.31. The van der Waals surface area contributed by atoms with Crippen LogP contribution < -0.4 is 11.1 Å². The average molecular weight is 336 g/mol. The van der Waals surface area contributed by atoms with E-state index < -0.39 is 12.0 Å². The van der Waals surface area contributed by atoms with E-state index in [1.807, 2.05) is 13.8 Å². The molecule has 0 aliphatic carbocycles. The monoisotopic (exact) mass is 335 g/mol. The number of thiazole rings is 1. The van der Waals surface area contributed by atoms with Crippen LogP contribution >= 0.6 is 23.7 Å². The Bertz CT molecular complexity index is 465. The van der Waals surface area contributed by atoms with Gasteiger partial charge in [-0.15, -0.1) is 23.7 Å². The molecule has 8 heteroatoms. The van der Waals surface area contributed by atoms with Gasteiger partial charge in [0.2, 0.25) is 0 Å². The number of halogens is 1. The maximum absolute atomic E-state index is 12.1. The summed E-state index contributed by atoms with van der Waals surface area (Å²) in [5.41, 5.74) is 5.76. The molecule has 0 saturated heterocycles. The van der Waals surface area contributed by atoms with Crippen LogP contribution in [-0.2, 0) is 16.0 Å². The zero-order valence-electron chi connectivity index (χ0n) is 12.4. The summed E-state index contributed by atoms with van der Waals surface area (Å²) in [6, 6.07) is -0.646. The van der Waals surface area contributed by atoms with Crippen molar-refractivity contribution in [2.75, 3.05) is 13.7 Å². The number of ether oxygens (including phenoxy) is 1. The second-order valence-corrected chi connectivity index (χ2v) is 5.79. The molecule has 1 unspecified atom stereocenters. The first-order valence-electron chi connectivity index (χ1n) is 6.51. The smallest absolute Gasteiger partial charge is 0.328 e. The van der Waals surface area contributed by atoms with Gasteiger partial charge >= 0.3 is 5.97 Å². The maximum atomic E-state index is 12.1. The second kappa shape index (κ2) is 9.70. The summed E-state index contributed by atoms with van der Waals surface area (Å²) in [5.74, 6) is -0.535. The van der Waals surface area contributed by atoms with E-state index in [0.717, 1.165) is 5.01 Å². The fourth-order valence-electron chi connectivity index (χ4n) is 1.71. The number of nitrogens with zero attached hydrogens (tertiary/aromatic N) is 1. The third-order valence-electron chi connectivity index (χ3n) is 2.64. The molecule has 1 rings (SSSR count). The molecule has 0 aromatic carbocycles. The van der Waals surface area contributed by atoms with E-state index >= 15 is 0 Å². The fraction of sp³-hybridized carbons (Fsp3) is 0.615. The van der Waals surface area contributed by atoms with Crippen LogP contribution in [0.15, 0.2) is 5.38 Å². The second-order valence-electron chi connectivity index (χ2n) is 4.84. The number of amides is 1. The molecule has 1 heterocycles. The molecule has 1 amide bonds. The van der Waals surface area contributed by atoms with Crippen molar-refractivity contribution in [2.24, 2.45) is 11.7 Å². The number of methoxy groups -OCH3 is 1. The first-order chi connectivity index (χ1) is 9.47. The summed E-state index contributed by atoms with van der Waals surface area (Å²) in [5, 5.41) is 5.16. The third-order valence-corrected chi connectivity index (χ3v) is 3.55. The molecule has 1 aromatic rings. The molecule has 1 aromatic heterocycles. The van der Waals surface area contributed by atoms with Gasteiger partial charge in [-0.25, -0.2) is 9.78 Å². The van der Waals surface area contributed by atoms with E-state index in [9.17, 15) is 9.59 Å². The minimum absolute atomic E-state index is 0. The summed E-state index contributed by atoms with van der Waals surface area (Å²) < 4.78 is 4.71. The normalized spacial score (nSPS) is 11.7. The third kappa shape index (κ3) is 6.41. The number of aromatic nitrogens is 1. The van der Waals surface area contributed by atoms with Gasteiger partial charge in [0, 0.05) is 11.8 Å². The van der Waals surface area contributed by atoms with Crippen molar-refractivity contribution in [1.82, 2.24) is 10.3 Å². The Morgan fingerprint density at radius 1 is 1.48 bits per heavy atom. The number of hydrogen-bond acceptors (Lipinski definition) is 6. The van der Waals surface area contributed by atoms with Crippen LogP contribution in [0, 0.1) is 5.92 Å². The van der Waals surface area contributed by atoms with Crippen LogP contribution in [0.3, 0.4) is 0 Å². The molecule has 0 radical (unpaired) electrons. The Kier molecular flexibility index (Phi) is 9.16. The summed E-state index contributed by atoms with van der Waals surface area (Å²) in [6.45, 7) is 4.45. The highest BCUT2D eigenvalue weighted by molar-refractivity contribution is 7.09. The zero-order chi connectivity index (χ0) is 15.1. The van der Waals surface area contributed by atoms with Gasteiger partial charge in [0.05, 0.1) is 12.1 Å². The van der Waals surface area contributed by atoms with Gasteiger partial charge < -0.3 is 15.8 Å². The Labute approximate surface area is 134 Å². The SMILES string of the molecule is COC(=O)C(CC(C)C)NC(=O)c1csc(CCN)n1.Cl. The molecule has 21 heavy (non-hydrogen) atoms. The van der Waals surface area contributed by atoms with Crippen molar-refractivity contribution in [3.8, 4) is 0 Å². The summed E-state index contributed by atoms with van der Waals surface area (Å²) >= 11 is 1.39. The lowest BCUT2D eigenvalue weighted by molar-refractivity contribution is -0.143. The van der Waals surface area contributed by atoms with Crippen molar-refractivity contribution in [3.05, 3.63) is 16.1 Å². The number of carbonyl (C=O) groups excluding carboxylic acids is 2. The van der Waals surface area contributed by atoms with Crippen LogP contribution in [0.1, 0.15) is 35.8 Å². The predicted octanol–water partition coefficient (Wildman–Crippen LogP) is 1.38. The first-order valence-corrected chi connectivity index (χ1v) is 7.39. The molecule has 0 fully saturated rings. The Morgan fingerprint density at radius 2 is 2.14 bits per heavy atom. The Morgan fingerprint density at radius 3 is 2.67 bits per heavy atom. The van der Waals surface area contributed by atoms with Gasteiger partial charge in [-0.2, -0.15) is 0 Å². The van der Waals surface area contributed by atoms with Crippen molar-refractivity contribution >= 4 is 35.6 Å². The number of rotatable bonds is 7. The standard InChI is InChI=1S/C13H21N3O3S.ClH/c1-8(2)6-9(13(18)19-3)16-12(17)10-7-20-11(15-10)4-5-14;/h7-9H,4-6,14H2,1-3H3,(H,16,17);1H. The topological polar surface area (TPSA) is 94.3 Å². The van der Waals surface area contributed by atoms with Crippen LogP contribution in [0.25, 0.3) is 0 Å². The highest BCUT2D eigenvalue weighted by Crippen LogP contribution is 2.12. The molecule has 0 aliphatic rings. The number of nitrogens with one attached hydrogen (secondary N) is 1. The van der Waals surface area contributed by atoms with Crippen LogP contribution in [-0.4, -0.2) is 36.6 Å². The van der Waals surface area contributed by atoms with Gasteiger partial charge in [-0.1, -0.05) is 13.8 Å². The molecule has 0 saturated carbocycles. The lowest BCUT2D eigenvalue weighted by atomic mass is 10.0. The van der Waals surface area contributed by atoms with Gasteiger partial charge in [0.25, 0.3) is 5.91 Å². The molecule has 120 valence electrons.